The second kappa shape index (κ2) is 10.4. The molecule has 3 rings (SSSR count). The fourth-order valence-electron chi connectivity index (χ4n) is 3.16. The largest absolute Gasteiger partial charge is 0.453 e. The number of ketones is 1. The maximum atomic E-state index is 12.5. The summed E-state index contributed by atoms with van der Waals surface area (Å²) in [4.78, 5) is 41.1. The van der Waals surface area contributed by atoms with E-state index in [0.29, 0.717) is 23.5 Å². The Kier molecular flexibility index (Phi) is 7.60. The molecule has 8 nitrogen and oxygen atoms in total. The summed E-state index contributed by atoms with van der Waals surface area (Å²) in [5.41, 5.74) is 2.49. The first-order valence-electron chi connectivity index (χ1n) is 10.4. The molecule has 0 saturated carbocycles. The van der Waals surface area contributed by atoms with Crippen molar-refractivity contribution < 1.29 is 19.1 Å². The summed E-state index contributed by atoms with van der Waals surface area (Å²) in [5.74, 6) is -0.635. The van der Waals surface area contributed by atoms with E-state index in [9.17, 15) is 14.4 Å². The van der Waals surface area contributed by atoms with Crippen LogP contribution < -0.4 is 5.32 Å². The zero-order valence-electron chi connectivity index (χ0n) is 18.9. The lowest BCUT2D eigenvalue weighted by Gasteiger charge is -2.09. The van der Waals surface area contributed by atoms with Gasteiger partial charge in [0.05, 0.1) is 10.7 Å². The maximum absolute atomic E-state index is 12.5. The molecule has 1 aromatic carbocycles. The maximum Gasteiger partial charge on any atom is 0.359 e. The minimum atomic E-state index is -0.811. The van der Waals surface area contributed by atoms with Gasteiger partial charge in [-0.15, -0.1) is 0 Å². The van der Waals surface area contributed by atoms with Crippen LogP contribution in [0.2, 0.25) is 5.02 Å². The lowest BCUT2D eigenvalue weighted by Crippen LogP contribution is -2.17. The molecule has 172 valence electrons. The summed E-state index contributed by atoms with van der Waals surface area (Å²) in [6.45, 7) is 7.17. The molecule has 0 radical (unpaired) electrons. The summed E-state index contributed by atoms with van der Waals surface area (Å²) in [7, 11) is 0. The van der Waals surface area contributed by atoms with Gasteiger partial charge in [0, 0.05) is 23.4 Å². The van der Waals surface area contributed by atoms with E-state index in [1.54, 1.807) is 35.0 Å². The van der Waals surface area contributed by atoms with E-state index in [1.807, 2.05) is 33.8 Å². The van der Waals surface area contributed by atoms with Crippen molar-refractivity contribution in [1.29, 1.82) is 0 Å². The highest BCUT2D eigenvalue weighted by atomic mass is 35.5. The van der Waals surface area contributed by atoms with Crippen LogP contribution in [0.4, 0.5) is 5.69 Å². The molecule has 0 aliphatic heterocycles. The average Bonchev–Trinajstić information content (AvgIpc) is 3.10. The smallest absolute Gasteiger partial charge is 0.359 e. The van der Waals surface area contributed by atoms with E-state index in [4.69, 9.17) is 16.3 Å². The van der Waals surface area contributed by atoms with E-state index in [-0.39, 0.29) is 22.5 Å². The molecule has 2 aromatic heterocycles. The van der Waals surface area contributed by atoms with Crippen LogP contribution in [0.25, 0.3) is 5.82 Å². The first-order valence-corrected chi connectivity index (χ1v) is 10.8. The Morgan fingerprint density at radius 2 is 1.79 bits per heavy atom. The third-order valence-electron chi connectivity index (χ3n) is 4.67. The number of ether oxygens (including phenoxy) is 1. The Morgan fingerprint density at radius 3 is 2.39 bits per heavy atom. The SMILES string of the molecule is Cc1cc(C)n(-c2ccc(Cl)c(C(=O)OCC(=O)c3ccc(NC(=O)CC(C)C)cc3)n2)n1. The summed E-state index contributed by atoms with van der Waals surface area (Å²) >= 11 is 6.13. The van der Waals surface area contributed by atoms with Crippen molar-refractivity contribution in [1.82, 2.24) is 14.8 Å². The van der Waals surface area contributed by atoms with E-state index >= 15 is 0 Å². The van der Waals surface area contributed by atoms with Gasteiger partial charge >= 0.3 is 5.97 Å². The minimum absolute atomic E-state index is 0.0925. The number of hydrogen-bond donors (Lipinski definition) is 1. The van der Waals surface area contributed by atoms with Crippen molar-refractivity contribution >= 4 is 34.9 Å². The van der Waals surface area contributed by atoms with Crippen molar-refractivity contribution in [3.8, 4) is 5.82 Å². The molecule has 0 aliphatic rings. The molecular weight excluding hydrogens is 444 g/mol. The van der Waals surface area contributed by atoms with Crippen LogP contribution in [0.15, 0.2) is 42.5 Å². The average molecular weight is 469 g/mol. The first kappa shape index (κ1) is 24.1. The van der Waals surface area contributed by atoms with E-state index < -0.39 is 18.4 Å². The molecule has 0 fully saturated rings. The summed E-state index contributed by atoms with van der Waals surface area (Å²) < 4.78 is 6.75. The monoisotopic (exact) mass is 468 g/mol. The van der Waals surface area contributed by atoms with Crippen molar-refractivity contribution in [3.63, 3.8) is 0 Å². The molecule has 0 atom stereocenters. The van der Waals surface area contributed by atoms with Crippen LogP contribution in [-0.2, 0) is 9.53 Å². The van der Waals surface area contributed by atoms with Gasteiger partial charge in [0.15, 0.2) is 23.9 Å². The number of aromatic nitrogens is 3. The van der Waals surface area contributed by atoms with Gasteiger partial charge in [-0.2, -0.15) is 5.10 Å². The molecule has 0 aliphatic carbocycles. The number of carbonyl (C=O) groups excluding carboxylic acids is 3. The topological polar surface area (TPSA) is 103 Å². The molecule has 0 saturated heterocycles. The fraction of sp³-hybridized carbons (Fsp3) is 0.292. The number of Topliss-reactive ketones (excluding diaryl/α,β-unsaturated/α-hetero) is 1. The Balaban J connectivity index is 1.63. The lowest BCUT2D eigenvalue weighted by molar-refractivity contribution is -0.116. The molecule has 9 heteroatoms. The number of amides is 1. The quantitative estimate of drug-likeness (QED) is 0.384. The number of benzene rings is 1. The number of aryl methyl sites for hydroxylation is 2. The van der Waals surface area contributed by atoms with Crippen molar-refractivity contribution in [3.05, 3.63) is 70.1 Å². The normalized spacial score (nSPS) is 10.8. The first-order chi connectivity index (χ1) is 15.6. The van der Waals surface area contributed by atoms with Crippen LogP contribution in [0.3, 0.4) is 0 Å². The molecule has 1 N–H and O–H groups in total. The zero-order valence-corrected chi connectivity index (χ0v) is 19.6. The van der Waals surface area contributed by atoms with Crippen molar-refractivity contribution in [2.75, 3.05) is 11.9 Å². The number of rotatable bonds is 8. The standard InChI is InChI=1S/C24H25ClN4O4/c1-14(2)11-22(31)26-18-7-5-17(6-8-18)20(30)13-33-24(32)23-19(25)9-10-21(27-23)29-16(4)12-15(3)28-29/h5-10,12,14H,11,13H2,1-4H3,(H,26,31). The van der Waals surface area contributed by atoms with Gasteiger partial charge in [-0.05, 0) is 62.2 Å². The molecule has 2 heterocycles. The van der Waals surface area contributed by atoms with E-state index in [0.717, 1.165) is 11.4 Å². The summed E-state index contributed by atoms with van der Waals surface area (Å²) in [6.07, 6.45) is 0.411. The van der Waals surface area contributed by atoms with Crippen LogP contribution >= 0.6 is 11.6 Å². The van der Waals surface area contributed by atoms with Gasteiger partial charge in [0.1, 0.15) is 0 Å². The highest BCUT2D eigenvalue weighted by Crippen LogP contribution is 2.19. The third kappa shape index (κ3) is 6.26. The highest BCUT2D eigenvalue weighted by molar-refractivity contribution is 6.33. The summed E-state index contributed by atoms with van der Waals surface area (Å²) in [6, 6.07) is 11.4. The number of pyridine rings is 1. The molecule has 33 heavy (non-hydrogen) atoms. The Hall–Kier alpha value is -3.52. The number of halogens is 1. The predicted octanol–water partition coefficient (Wildman–Crippen LogP) is 4.56. The Labute approximate surface area is 196 Å². The molecular formula is C24H25ClN4O4. The third-order valence-corrected chi connectivity index (χ3v) is 4.97. The van der Waals surface area contributed by atoms with Crippen molar-refractivity contribution in [2.24, 2.45) is 5.92 Å². The number of carbonyl (C=O) groups is 3. The predicted molar refractivity (Wildman–Crippen MR) is 125 cm³/mol. The highest BCUT2D eigenvalue weighted by Gasteiger charge is 2.18. The van der Waals surface area contributed by atoms with Crippen LogP contribution in [-0.4, -0.2) is 39.0 Å². The molecule has 3 aromatic rings. The molecule has 0 unspecified atom stereocenters. The molecule has 0 spiro atoms. The van der Waals surface area contributed by atoms with Gasteiger partial charge in [0.25, 0.3) is 0 Å². The molecule has 1 amide bonds. The number of nitrogens with zero attached hydrogens (tertiary/aromatic N) is 3. The second-order valence-corrected chi connectivity index (χ2v) is 8.47. The van der Waals surface area contributed by atoms with E-state index in [2.05, 4.69) is 15.4 Å². The van der Waals surface area contributed by atoms with Gasteiger partial charge < -0.3 is 10.1 Å². The summed E-state index contributed by atoms with van der Waals surface area (Å²) in [5, 5.41) is 7.23. The van der Waals surface area contributed by atoms with Gasteiger partial charge in [-0.3, -0.25) is 9.59 Å². The van der Waals surface area contributed by atoms with Crippen molar-refractivity contribution in [2.45, 2.75) is 34.1 Å². The van der Waals surface area contributed by atoms with Crippen LogP contribution in [0.1, 0.15) is 52.5 Å². The van der Waals surface area contributed by atoms with Gasteiger partial charge in [-0.1, -0.05) is 25.4 Å². The lowest BCUT2D eigenvalue weighted by atomic mass is 10.1. The minimum Gasteiger partial charge on any atom is -0.453 e. The number of esters is 1. The van der Waals surface area contributed by atoms with Crippen LogP contribution in [0.5, 0.6) is 0 Å². The fourth-order valence-corrected chi connectivity index (χ4v) is 3.34. The van der Waals surface area contributed by atoms with Gasteiger partial charge in [0.2, 0.25) is 5.91 Å². The second-order valence-electron chi connectivity index (χ2n) is 8.06. The number of hydrogen-bond acceptors (Lipinski definition) is 6. The molecule has 0 bridgehead atoms. The van der Waals surface area contributed by atoms with Crippen LogP contribution in [0, 0.1) is 19.8 Å². The van der Waals surface area contributed by atoms with Gasteiger partial charge in [-0.25, -0.2) is 14.5 Å². The number of nitrogens with one attached hydrogen (secondary N) is 1. The zero-order chi connectivity index (χ0) is 24.1. The van der Waals surface area contributed by atoms with E-state index in [1.165, 1.54) is 6.07 Å². The number of anilines is 1. The Morgan fingerprint density at radius 1 is 1.09 bits per heavy atom. The Bertz CT molecular complexity index is 1190.